The molecule has 30 heavy (non-hydrogen) atoms. The first-order chi connectivity index (χ1) is 14.4. The van der Waals surface area contributed by atoms with Gasteiger partial charge in [0.15, 0.2) is 5.76 Å². The summed E-state index contributed by atoms with van der Waals surface area (Å²) >= 11 is 0. The Kier molecular flexibility index (Phi) is 5.32. The van der Waals surface area contributed by atoms with Gasteiger partial charge in [0.05, 0.1) is 12.7 Å². The maximum atomic E-state index is 12.9. The first-order valence-electron chi connectivity index (χ1n) is 9.86. The summed E-state index contributed by atoms with van der Waals surface area (Å²) in [5.74, 6) is 2.19. The van der Waals surface area contributed by atoms with E-state index in [4.69, 9.17) is 14.2 Å². The lowest BCUT2D eigenvalue weighted by molar-refractivity contribution is 0.101. The fourth-order valence-electron chi connectivity index (χ4n) is 3.53. The van der Waals surface area contributed by atoms with E-state index >= 15 is 0 Å². The minimum atomic E-state index is -0.112. The summed E-state index contributed by atoms with van der Waals surface area (Å²) in [4.78, 5) is 12.9. The summed E-state index contributed by atoms with van der Waals surface area (Å²) in [6, 6.07) is 17.5. The van der Waals surface area contributed by atoms with Crippen molar-refractivity contribution >= 4 is 11.9 Å². The van der Waals surface area contributed by atoms with Crippen LogP contribution < -0.4 is 14.2 Å². The maximum Gasteiger partial charge on any atom is 0.232 e. The van der Waals surface area contributed by atoms with Gasteiger partial charge in [0.2, 0.25) is 5.78 Å². The van der Waals surface area contributed by atoms with Crippen LogP contribution in [0.3, 0.4) is 0 Å². The number of ether oxygens (including phenoxy) is 3. The molecule has 0 saturated carbocycles. The largest absolute Gasteiger partial charge is 0.497 e. The van der Waals surface area contributed by atoms with Crippen molar-refractivity contribution in [1.29, 1.82) is 0 Å². The zero-order valence-electron chi connectivity index (χ0n) is 17.6. The number of rotatable bonds is 5. The fourth-order valence-corrected chi connectivity index (χ4v) is 3.53. The molecule has 0 fully saturated rings. The summed E-state index contributed by atoms with van der Waals surface area (Å²) in [5.41, 5.74) is 5.84. The molecule has 4 nitrogen and oxygen atoms in total. The van der Waals surface area contributed by atoms with Crippen LogP contribution in [0.25, 0.3) is 6.08 Å². The Morgan fingerprint density at radius 3 is 2.40 bits per heavy atom. The smallest absolute Gasteiger partial charge is 0.232 e. The Bertz CT molecular complexity index is 1140. The molecule has 152 valence electrons. The molecule has 4 rings (SSSR count). The molecule has 0 bridgehead atoms. The van der Waals surface area contributed by atoms with Crippen LogP contribution in [0.15, 0.2) is 60.4 Å². The minimum Gasteiger partial charge on any atom is -0.497 e. The summed E-state index contributed by atoms with van der Waals surface area (Å²) in [5, 5.41) is 0. The van der Waals surface area contributed by atoms with Gasteiger partial charge in [0, 0.05) is 6.07 Å². The number of allylic oxidation sites excluding steroid dienone is 1. The average molecular weight is 400 g/mol. The summed E-state index contributed by atoms with van der Waals surface area (Å²) < 4.78 is 17.1. The zero-order valence-corrected chi connectivity index (χ0v) is 17.6. The van der Waals surface area contributed by atoms with Crippen LogP contribution in [0, 0.1) is 20.8 Å². The molecule has 3 aromatic rings. The van der Waals surface area contributed by atoms with E-state index in [9.17, 15) is 4.79 Å². The number of ketones is 1. The predicted molar refractivity (Wildman–Crippen MR) is 117 cm³/mol. The summed E-state index contributed by atoms with van der Waals surface area (Å²) in [6.45, 7) is 6.51. The van der Waals surface area contributed by atoms with Crippen molar-refractivity contribution in [3.63, 3.8) is 0 Å². The Hall–Kier alpha value is -3.53. The van der Waals surface area contributed by atoms with Crippen molar-refractivity contribution < 1.29 is 19.0 Å². The molecule has 1 heterocycles. The quantitative estimate of drug-likeness (QED) is 0.507. The van der Waals surface area contributed by atoms with Crippen LogP contribution in [-0.4, -0.2) is 12.9 Å². The Labute approximate surface area is 176 Å². The van der Waals surface area contributed by atoms with E-state index in [-0.39, 0.29) is 5.78 Å². The lowest BCUT2D eigenvalue weighted by Gasteiger charge is -2.11. The van der Waals surface area contributed by atoms with Gasteiger partial charge in [-0.15, -0.1) is 0 Å². The molecule has 0 spiro atoms. The molecule has 1 aliphatic rings. The first-order valence-corrected chi connectivity index (χ1v) is 9.86. The van der Waals surface area contributed by atoms with Gasteiger partial charge in [-0.1, -0.05) is 35.9 Å². The molecule has 0 radical (unpaired) electrons. The van der Waals surface area contributed by atoms with Gasteiger partial charge in [-0.2, -0.15) is 0 Å². The highest BCUT2D eigenvalue weighted by Gasteiger charge is 2.30. The van der Waals surface area contributed by atoms with E-state index in [1.807, 2.05) is 37.3 Å². The number of fused-ring (bicyclic) bond motifs is 1. The molecule has 0 saturated heterocycles. The van der Waals surface area contributed by atoms with Crippen molar-refractivity contribution in [3.8, 4) is 17.2 Å². The number of hydrogen-bond acceptors (Lipinski definition) is 4. The lowest BCUT2D eigenvalue weighted by atomic mass is 10.0. The molecule has 0 atom stereocenters. The van der Waals surface area contributed by atoms with E-state index in [0.717, 1.165) is 22.4 Å². The Morgan fingerprint density at radius 1 is 0.900 bits per heavy atom. The van der Waals surface area contributed by atoms with Crippen LogP contribution in [0.4, 0.5) is 0 Å². The monoisotopic (exact) mass is 400 g/mol. The molecule has 0 aliphatic carbocycles. The van der Waals surface area contributed by atoms with E-state index in [0.29, 0.717) is 29.4 Å². The van der Waals surface area contributed by atoms with Crippen LogP contribution in [0.5, 0.6) is 17.2 Å². The van der Waals surface area contributed by atoms with E-state index in [1.165, 1.54) is 11.1 Å². The Balaban J connectivity index is 1.56. The molecule has 0 aromatic heterocycles. The van der Waals surface area contributed by atoms with Gasteiger partial charge < -0.3 is 14.2 Å². The highest BCUT2D eigenvalue weighted by Crippen LogP contribution is 2.37. The number of carbonyl (C=O) groups excluding carboxylic acids is 1. The number of aryl methyl sites for hydroxylation is 3. The molecule has 0 N–H and O–H groups in total. The SMILES string of the molecule is COc1ccc(/C=C2\Oc3cc(OCc4cc(C)ccc4C)cc(C)c3C2=O)cc1. The van der Waals surface area contributed by atoms with Gasteiger partial charge >= 0.3 is 0 Å². The fraction of sp³-hybridized carbons (Fsp3) is 0.192. The highest BCUT2D eigenvalue weighted by atomic mass is 16.5. The minimum absolute atomic E-state index is 0.112. The van der Waals surface area contributed by atoms with Crippen molar-refractivity contribution in [2.75, 3.05) is 7.11 Å². The second kappa shape index (κ2) is 8.07. The zero-order chi connectivity index (χ0) is 21.3. The van der Waals surface area contributed by atoms with Gasteiger partial charge in [0.1, 0.15) is 23.9 Å². The van der Waals surface area contributed by atoms with E-state index in [1.54, 1.807) is 19.3 Å². The van der Waals surface area contributed by atoms with Crippen LogP contribution >= 0.6 is 0 Å². The second-order valence-corrected chi connectivity index (χ2v) is 7.54. The standard InChI is InChI=1S/C26H24O4/c1-16-5-6-17(2)20(11-16)15-29-22-12-18(3)25-23(14-22)30-24(26(25)27)13-19-7-9-21(28-4)10-8-19/h5-14H,15H2,1-4H3/b24-13-. The number of carbonyl (C=O) groups is 1. The van der Waals surface area contributed by atoms with Crippen LogP contribution in [-0.2, 0) is 6.61 Å². The van der Waals surface area contributed by atoms with Crippen LogP contribution in [0.2, 0.25) is 0 Å². The Morgan fingerprint density at radius 2 is 1.67 bits per heavy atom. The van der Waals surface area contributed by atoms with Gasteiger partial charge in [-0.3, -0.25) is 4.79 Å². The third-order valence-corrected chi connectivity index (χ3v) is 5.26. The number of Topliss-reactive ketones (excluding diaryl/α,β-unsaturated/α-hetero) is 1. The number of hydrogen-bond donors (Lipinski definition) is 0. The summed E-state index contributed by atoms with van der Waals surface area (Å²) in [7, 11) is 1.62. The molecule has 0 unspecified atom stereocenters. The van der Waals surface area contributed by atoms with E-state index in [2.05, 4.69) is 32.0 Å². The van der Waals surface area contributed by atoms with Gasteiger partial charge in [0.25, 0.3) is 0 Å². The second-order valence-electron chi connectivity index (χ2n) is 7.54. The topological polar surface area (TPSA) is 44.8 Å². The third-order valence-electron chi connectivity index (χ3n) is 5.26. The molecular weight excluding hydrogens is 376 g/mol. The predicted octanol–water partition coefficient (Wildman–Crippen LogP) is 5.82. The molecule has 0 amide bonds. The molecule has 3 aromatic carbocycles. The first kappa shape index (κ1) is 19.8. The normalized spacial score (nSPS) is 13.9. The molecule has 4 heteroatoms. The van der Waals surface area contributed by atoms with Crippen molar-refractivity contribution in [1.82, 2.24) is 0 Å². The number of methoxy groups -OCH3 is 1. The molecule has 1 aliphatic heterocycles. The average Bonchev–Trinajstić information content (AvgIpc) is 3.05. The summed E-state index contributed by atoms with van der Waals surface area (Å²) in [6.07, 6.45) is 1.75. The maximum absolute atomic E-state index is 12.9. The van der Waals surface area contributed by atoms with Gasteiger partial charge in [-0.25, -0.2) is 0 Å². The van der Waals surface area contributed by atoms with Crippen LogP contribution in [0.1, 0.15) is 38.2 Å². The van der Waals surface area contributed by atoms with Crippen molar-refractivity contribution in [3.05, 3.63) is 93.7 Å². The van der Waals surface area contributed by atoms with Crippen molar-refractivity contribution in [2.45, 2.75) is 27.4 Å². The van der Waals surface area contributed by atoms with Gasteiger partial charge in [-0.05, 0) is 67.3 Å². The highest BCUT2D eigenvalue weighted by molar-refractivity contribution is 6.15. The number of benzene rings is 3. The van der Waals surface area contributed by atoms with Crippen molar-refractivity contribution in [2.24, 2.45) is 0 Å². The lowest BCUT2D eigenvalue weighted by Crippen LogP contribution is -2.01. The van der Waals surface area contributed by atoms with E-state index < -0.39 is 0 Å². The third kappa shape index (κ3) is 3.94. The molecular formula is C26H24O4.